The lowest BCUT2D eigenvalue weighted by Gasteiger charge is -2.38. The van der Waals surface area contributed by atoms with E-state index in [1.165, 1.54) is 6.33 Å². The highest BCUT2D eigenvalue weighted by atomic mass is 35.5. The van der Waals surface area contributed by atoms with E-state index in [0.717, 1.165) is 11.2 Å². The molecule has 1 aliphatic heterocycles. The van der Waals surface area contributed by atoms with E-state index in [1.54, 1.807) is 16.9 Å². The summed E-state index contributed by atoms with van der Waals surface area (Å²) in [4.78, 5) is 22.1. The zero-order chi connectivity index (χ0) is 19.9. The number of hydrogen-bond acceptors (Lipinski definition) is 6. The molecule has 28 heavy (non-hydrogen) atoms. The molecule has 1 saturated heterocycles. The van der Waals surface area contributed by atoms with E-state index >= 15 is 0 Å². The van der Waals surface area contributed by atoms with Crippen LogP contribution < -0.4 is 10.6 Å². The van der Waals surface area contributed by atoms with E-state index in [4.69, 9.17) is 33.7 Å². The summed E-state index contributed by atoms with van der Waals surface area (Å²) < 4.78 is 6.92. The maximum atomic E-state index is 11.1. The van der Waals surface area contributed by atoms with Crippen molar-refractivity contribution in [1.82, 2.24) is 19.7 Å². The number of benzene rings is 1. The molecule has 0 atom stereocenters. The number of fused-ring (bicyclic) bond motifs is 1. The maximum Gasteiger partial charge on any atom is 0.405 e. The van der Waals surface area contributed by atoms with Gasteiger partial charge in [0.05, 0.1) is 27.3 Å². The van der Waals surface area contributed by atoms with Crippen molar-refractivity contribution < 1.29 is 9.53 Å². The first-order valence-electron chi connectivity index (χ1n) is 8.74. The fraction of sp³-hybridized carbons (Fsp3) is 0.333. The summed E-state index contributed by atoms with van der Waals surface area (Å²) in [7, 11) is 0. The number of hydrogen-bond donors (Lipinski definition) is 1. The van der Waals surface area contributed by atoms with Crippen LogP contribution in [0.3, 0.4) is 0 Å². The number of nitrogens with zero attached hydrogens (tertiary/aromatic N) is 5. The van der Waals surface area contributed by atoms with Crippen LogP contribution in [0.15, 0.2) is 30.7 Å². The van der Waals surface area contributed by atoms with E-state index in [1.807, 2.05) is 19.1 Å². The number of aromatic nitrogens is 4. The molecule has 1 aliphatic rings. The summed E-state index contributed by atoms with van der Waals surface area (Å²) in [6, 6.07) is 5.36. The lowest BCUT2D eigenvalue weighted by molar-refractivity contribution is 0.0127. The minimum Gasteiger partial charge on any atom is -0.443 e. The Balaban J connectivity index is 1.67. The quantitative estimate of drug-likeness (QED) is 0.694. The predicted octanol–water partition coefficient (Wildman–Crippen LogP) is 3.58. The highest BCUT2D eigenvalue weighted by molar-refractivity contribution is 6.43. The molecule has 3 aromatic rings. The van der Waals surface area contributed by atoms with Gasteiger partial charge < -0.3 is 15.4 Å². The third-order valence-corrected chi connectivity index (χ3v) is 5.78. The van der Waals surface area contributed by atoms with Gasteiger partial charge in [-0.1, -0.05) is 29.3 Å². The second kappa shape index (κ2) is 7.10. The third kappa shape index (κ3) is 3.33. The Hall–Kier alpha value is -2.58. The van der Waals surface area contributed by atoms with Gasteiger partial charge in [0.1, 0.15) is 17.7 Å². The minimum absolute atomic E-state index is 0.409. The van der Waals surface area contributed by atoms with Crippen LogP contribution >= 0.6 is 23.2 Å². The largest absolute Gasteiger partial charge is 0.443 e. The van der Waals surface area contributed by atoms with Gasteiger partial charge in [-0.2, -0.15) is 5.10 Å². The van der Waals surface area contributed by atoms with Gasteiger partial charge in [-0.15, -0.1) is 0 Å². The summed E-state index contributed by atoms with van der Waals surface area (Å²) in [6.07, 6.45) is 3.77. The van der Waals surface area contributed by atoms with Crippen LogP contribution in [0.4, 0.5) is 10.6 Å². The highest BCUT2D eigenvalue weighted by Crippen LogP contribution is 2.33. The molecule has 3 heterocycles. The molecule has 2 N–H and O–H groups in total. The molecular formula is C18H18Cl2N6O2. The number of halogens is 2. The van der Waals surface area contributed by atoms with Crippen molar-refractivity contribution in [2.24, 2.45) is 5.73 Å². The van der Waals surface area contributed by atoms with Crippen LogP contribution in [0.25, 0.3) is 16.7 Å². The Morgan fingerprint density at radius 1 is 1.25 bits per heavy atom. The topological polar surface area (TPSA) is 99.2 Å². The van der Waals surface area contributed by atoms with Gasteiger partial charge in [-0.3, -0.25) is 0 Å². The predicted molar refractivity (Wildman–Crippen MR) is 107 cm³/mol. The number of nitrogens with two attached hydrogens (primary N) is 1. The van der Waals surface area contributed by atoms with Crippen LogP contribution in [0.1, 0.15) is 19.8 Å². The van der Waals surface area contributed by atoms with Crippen LogP contribution in [0, 0.1) is 0 Å². The van der Waals surface area contributed by atoms with E-state index < -0.39 is 11.7 Å². The minimum atomic E-state index is -0.750. The van der Waals surface area contributed by atoms with Gasteiger partial charge in [0.2, 0.25) is 0 Å². The Morgan fingerprint density at radius 2 is 2.00 bits per heavy atom. The first kappa shape index (κ1) is 18.8. The Bertz CT molecular complexity index is 1050. The number of anilines is 1. The average Bonchev–Trinajstić information content (AvgIpc) is 3.08. The van der Waals surface area contributed by atoms with Crippen LogP contribution in [-0.4, -0.2) is 44.5 Å². The number of amides is 1. The standard InChI is InChI=1S/C18H18Cl2N6O2/c1-18(28-17(21)27)5-7-25(8-6-18)15-11-9-24-26(16(11)23-10-22-15)13-4-2-3-12(19)14(13)20/h2-4,9-10H,5-8H2,1H3,(H2,21,27). The van der Waals surface area contributed by atoms with Crippen molar-refractivity contribution in [3.63, 3.8) is 0 Å². The van der Waals surface area contributed by atoms with Gasteiger partial charge >= 0.3 is 6.09 Å². The SMILES string of the molecule is CC1(OC(N)=O)CCN(c2ncnc3c2cnn3-c2cccc(Cl)c2Cl)CC1. The zero-order valence-corrected chi connectivity index (χ0v) is 16.6. The first-order valence-corrected chi connectivity index (χ1v) is 9.50. The molecule has 0 aliphatic carbocycles. The van der Waals surface area contributed by atoms with Crippen LogP contribution in [0.2, 0.25) is 10.0 Å². The van der Waals surface area contributed by atoms with Crippen molar-refractivity contribution in [3.8, 4) is 5.69 Å². The average molecular weight is 421 g/mol. The molecule has 146 valence electrons. The summed E-state index contributed by atoms with van der Waals surface area (Å²) in [5, 5.41) is 6.11. The van der Waals surface area contributed by atoms with Gasteiger partial charge in [0, 0.05) is 25.9 Å². The van der Waals surface area contributed by atoms with E-state index in [9.17, 15) is 4.79 Å². The fourth-order valence-corrected chi connectivity index (χ4v) is 3.83. The molecule has 2 aromatic heterocycles. The monoisotopic (exact) mass is 420 g/mol. The van der Waals surface area contributed by atoms with Crippen molar-refractivity contribution in [3.05, 3.63) is 40.8 Å². The molecule has 0 radical (unpaired) electrons. The molecule has 0 unspecified atom stereocenters. The number of primary amides is 1. The van der Waals surface area contributed by atoms with Crippen LogP contribution in [0.5, 0.6) is 0 Å². The molecule has 4 rings (SSSR count). The second-order valence-electron chi connectivity index (χ2n) is 6.92. The molecule has 10 heteroatoms. The summed E-state index contributed by atoms with van der Waals surface area (Å²) in [6.45, 7) is 3.22. The highest BCUT2D eigenvalue weighted by Gasteiger charge is 2.34. The Labute approximate surface area is 171 Å². The summed E-state index contributed by atoms with van der Waals surface area (Å²) >= 11 is 12.5. The first-order chi connectivity index (χ1) is 13.4. The summed E-state index contributed by atoms with van der Waals surface area (Å²) in [5.74, 6) is 0.774. The van der Waals surface area contributed by atoms with Crippen molar-refractivity contribution in [2.75, 3.05) is 18.0 Å². The fourth-order valence-electron chi connectivity index (χ4n) is 3.45. The summed E-state index contributed by atoms with van der Waals surface area (Å²) in [5.41, 5.74) is 5.90. The normalized spacial score (nSPS) is 16.3. The maximum absolute atomic E-state index is 11.1. The van der Waals surface area contributed by atoms with Gasteiger partial charge in [-0.05, 0) is 19.1 Å². The Kier molecular flexibility index (Phi) is 4.76. The van der Waals surface area contributed by atoms with Crippen molar-refractivity contribution >= 4 is 46.1 Å². The van der Waals surface area contributed by atoms with Crippen molar-refractivity contribution in [1.29, 1.82) is 0 Å². The van der Waals surface area contributed by atoms with Crippen LogP contribution in [-0.2, 0) is 4.74 Å². The molecule has 8 nitrogen and oxygen atoms in total. The van der Waals surface area contributed by atoms with Crippen molar-refractivity contribution in [2.45, 2.75) is 25.4 Å². The van der Waals surface area contributed by atoms with E-state index in [2.05, 4.69) is 20.0 Å². The molecule has 0 bridgehead atoms. The molecule has 1 aromatic carbocycles. The Morgan fingerprint density at radius 3 is 2.71 bits per heavy atom. The van der Waals surface area contributed by atoms with E-state index in [0.29, 0.717) is 47.3 Å². The number of carbonyl (C=O) groups excluding carboxylic acids is 1. The lowest BCUT2D eigenvalue weighted by atomic mass is 9.93. The lowest BCUT2D eigenvalue weighted by Crippen LogP contribution is -2.46. The smallest absolute Gasteiger partial charge is 0.405 e. The number of piperidine rings is 1. The molecule has 1 fully saturated rings. The molecule has 1 amide bonds. The number of rotatable bonds is 3. The molecular weight excluding hydrogens is 403 g/mol. The molecule has 0 spiro atoms. The van der Waals surface area contributed by atoms with Gasteiger partial charge in [0.15, 0.2) is 5.65 Å². The molecule has 0 saturated carbocycles. The second-order valence-corrected chi connectivity index (χ2v) is 7.71. The zero-order valence-electron chi connectivity index (χ0n) is 15.1. The number of carbonyl (C=O) groups is 1. The van der Waals surface area contributed by atoms with Gasteiger partial charge in [-0.25, -0.2) is 19.4 Å². The van der Waals surface area contributed by atoms with E-state index in [-0.39, 0.29) is 0 Å². The number of ether oxygens (including phenoxy) is 1. The van der Waals surface area contributed by atoms with Gasteiger partial charge in [0.25, 0.3) is 0 Å². The third-order valence-electron chi connectivity index (χ3n) is 4.97.